The van der Waals surface area contributed by atoms with Gasteiger partial charge in [-0.05, 0) is 20.4 Å². The number of anilines is 1. The second-order valence-corrected chi connectivity index (χ2v) is 4.19. The average Bonchev–Trinajstić information content (AvgIpc) is 2.33. The van der Waals surface area contributed by atoms with E-state index in [1.807, 2.05) is 6.92 Å². The lowest BCUT2D eigenvalue weighted by molar-refractivity contribution is -0.119. The third kappa shape index (κ3) is 5.02. The summed E-state index contributed by atoms with van der Waals surface area (Å²) < 4.78 is 37.3. The Morgan fingerprint density at radius 1 is 1.32 bits per heavy atom. The zero-order valence-corrected chi connectivity index (χ0v) is 11.4. The molecule has 0 atom stereocenters. The fraction of sp³-hybridized carbons (Fsp3) is 0.667. The van der Waals surface area contributed by atoms with Crippen molar-refractivity contribution in [2.45, 2.75) is 33.5 Å². The smallest absolute Gasteiger partial charge is 0.332 e. The fourth-order valence-electron chi connectivity index (χ4n) is 1.61. The van der Waals surface area contributed by atoms with Crippen molar-refractivity contribution in [3.05, 3.63) is 17.5 Å². The summed E-state index contributed by atoms with van der Waals surface area (Å²) in [6, 6.07) is 0. The first kappa shape index (κ1) is 15.7. The topological polar surface area (TPSA) is 41.1 Å². The Hall–Kier alpha value is -1.37. The molecule has 1 heterocycles. The van der Waals surface area contributed by atoms with Gasteiger partial charge < -0.3 is 10.2 Å². The van der Waals surface area contributed by atoms with Gasteiger partial charge in [-0.15, -0.1) is 0 Å². The highest BCUT2D eigenvalue weighted by Crippen LogP contribution is 2.20. The molecule has 0 saturated carbocycles. The van der Waals surface area contributed by atoms with Crippen molar-refractivity contribution in [3.8, 4) is 0 Å². The molecule has 0 bridgehead atoms. The van der Waals surface area contributed by atoms with Crippen LogP contribution in [0.2, 0.25) is 0 Å². The Kier molecular flexibility index (Phi) is 5.53. The van der Waals surface area contributed by atoms with Gasteiger partial charge in [0, 0.05) is 30.5 Å². The van der Waals surface area contributed by atoms with E-state index in [4.69, 9.17) is 0 Å². The van der Waals surface area contributed by atoms with Crippen LogP contribution in [-0.4, -0.2) is 35.8 Å². The number of hydrogen-bond donors (Lipinski definition) is 1. The number of aromatic nitrogens is 2. The number of aryl methyl sites for hydroxylation is 1. The summed E-state index contributed by atoms with van der Waals surface area (Å²) >= 11 is 0. The first-order chi connectivity index (χ1) is 8.87. The Bertz CT molecular complexity index is 406. The zero-order chi connectivity index (χ0) is 14.5. The predicted octanol–water partition coefficient (Wildman–Crippen LogP) is 2.28. The Balaban J connectivity index is 2.85. The molecule has 0 aliphatic rings. The molecular formula is C12H19F3N4. The number of nitrogens with zero attached hydrogens (tertiary/aromatic N) is 3. The van der Waals surface area contributed by atoms with Gasteiger partial charge in [0.25, 0.3) is 0 Å². The van der Waals surface area contributed by atoms with E-state index < -0.39 is 12.7 Å². The van der Waals surface area contributed by atoms with Crippen molar-refractivity contribution >= 4 is 5.95 Å². The lowest BCUT2D eigenvalue weighted by atomic mass is 10.2. The van der Waals surface area contributed by atoms with Crippen LogP contribution in [0, 0.1) is 6.92 Å². The number of nitrogens with one attached hydrogen (secondary N) is 1. The van der Waals surface area contributed by atoms with E-state index in [9.17, 15) is 13.2 Å². The third-order valence-electron chi connectivity index (χ3n) is 2.67. The average molecular weight is 276 g/mol. The van der Waals surface area contributed by atoms with Crippen molar-refractivity contribution in [1.82, 2.24) is 15.3 Å². The molecule has 1 aromatic heterocycles. The maximum absolute atomic E-state index is 12.4. The van der Waals surface area contributed by atoms with E-state index in [0.29, 0.717) is 12.2 Å². The summed E-state index contributed by atoms with van der Waals surface area (Å²) in [6.07, 6.45) is -2.67. The Morgan fingerprint density at radius 3 is 2.47 bits per heavy atom. The maximum atomic E-state index is 12.4. The first-order valence-corrected chi connectivity index (χ1v) is 6.22. The van der Waals surface area contributed by atoms with Gasteiger partial charge in [0.2, 0.25) is 5.95 Å². The largest absolute Gasteiger partial charge is 0.406 e. The first-order valence-electron chi connectivity index (χ1n) is 6.22. The van der Waals surface area contributed by atoms with Gasteiger partial charge in [-0.2, -0.15) is 13.2 Å². The van der Waals surface area contributed by atoms with Crippen molar-refractivity contribution in [2.24, 2.45) is 0 Å². The van der Waals surface area contributed by atoms with Crippen molar-refractivity contribution in [3.63, 3.8) is 0 Å². The second-order valence-electron chi connectivity index (χ2n) is 4.19. The predicted molar refractivity (Wildman–Crippen MR) is 68.1 cm³/mol. The van der Waals surface area contributed by atoms with Gasteiger partial charge in [-0.25, -0.2) is 9.97 Å². The molecule has 0 aliphatic carbocycles. The zero-order valence-electron chi connectivity index (χ0n) is 11.4. The monoisotopic (exact) mass is 276 g/mol. The van der Waals surface area contributed by atoms with E-state index >= 15 is 0 Å². The van der Waals surface area contributed by atoms with Crippen LogP contribution in [0.25, 0.3) is 0 Å². The van der Waals surface area contributed by atoms with E-state index in [2.05, 4.69) is 15.3 Å². The lowest BCUT2D eigenvalue weighted by Gasteiger charge is -2.22. The normalized spacial score (nSPS) is 11.7. The Morgan fingerprint density at radius 2 is 2.00 bits per heavy atom. The molecule has 0 aliphatic heterocycles. The molecule has 0 spiro atoms. The number of hydrogen-bond acceptors (Lipinski definition) is 4. The summed E-state index contributed by atoms with van der Waals surface area (Å²) in [4.78, 5) is 9.29. The van der Waals surface area contributed by atoms with Crippen LogP contribution in [0.3, 0.4) is 0 Å². The Labute approximate surface area is 111 Å². The second kappa shape index (κ2) is 6.70. The lowest BCUT2D eigenvalue weighted by Crippen LogP contribution is -2.35. The molecule has 1 rings (SSSR count). The quantitative estimate of drug-likeness (QED) is 0.865. The van der Waals surface area contributed by atoms with E-state index in [-0.39, 0.29) is 12.5 Å². The van der Waals surface area contributed by atoms with Gasteiger partial charge in [0.1, 0.15) is 6.54 Å². The van der Waals surface area contributed by atoms with Gasteiger partial charge in [0.15, 0.2) is 0 Å². The molecule has 0 fully saturated rings. The molecule has 7 heteroatoms. The van der Waals surface area contributed by atoms with Gasteiger partial charge in [0.05, 0.1) is 0 Å². The molecule has 1 N–H and O–H groups in total. The number of alkyl halides is 3. The van der Waals surface area contributed by atoms with Gasteiger partial charge in [-0.1, -0.05) is 6.92 Å². The molecule has 19 heavy (non-hydrogen) atoms. The highest BCUT2D eigenvalue weighted by molar-refractivity contribution is 5.33. The van der Waals surface area contributed by atoms with Crippen molar-refractivity contribution < 1.29 is 13.2 Å². The fourth-order valence-corrected chi connectivity index (χ4v) is 1.61. The van der Waals surface area contributed by atoms with Crippen LogP contribution < -0.4 is 10.2 Å². The summed E-state index contributed by atoms with van der Waals surface area (Å²) in [5.41, 5.74) is 1.60. The van der Waals surface area contributed by atoms with E-state index in [1.165, 1.54) is 0 Å². The molecule has 0 unspecified atom stereocenters. The molecule has 0 amide bonds. The highest BCUT2D eigenvalue weighted by atomic mass is 19.4. The van der Waals surface area contributed by atoms with Crippen LogP contribution >= 0.6 is 0 Å². The van der Waals surface area contributed by atoms with Crippen molar-refractivity contribution in [1.29, 1.82) is 0 Å². The minimum absolute atomic E-state index is 0.123. The number of rotatable bonds is 6. The van der Waals surface area contributed by atoms with E-state index in [1.54, 1.807) is 20.0 Å². The molecular weight excluding hydrogens is 257 g/mol. The molecule has 0 saturated heterocycles. The maximum Gasteiger partial charge on any atom is 0.406 e. The van der Waals surface area contributed by atoms with Crippen LogP contribution in [0.4, 0.5) is 19.1 Å². The molecule has 4 nitrogen and oxygen atoms in total. The van der Waals surface area contributed by atoms with Crippen LogP contribution in [0.1, 0.15) is 25.1 Å². The van der Waals surface area contributed by atoms with Crippen LogP contribution in [0.5, 0.6) is 0 Å². The summed E-state index contributed by atoms with van der Waals surface area (Å²) in [7, 11) is 0. The standard InChI is InChI=1S/C12H19F3N4/c1-4-16-6-10-7-17-11(18-9(10)3)19(5-2)8-12(13,14)15/h7,16H,4-6,8H2,1-3H3. The summed E-state index contributed by atoms with van der Waals surface area (Å²) in [5.74, 6) is 0.123. The summed E-state index contributed by atoms with van der Waals surface area (Å²) in [6.45, 7) is 6.02. The highest BCUT2D eigenvalue weighted by Gasteiger charge is 2.31. The molecule has 0 aromatic carbocycles. The molecule has 0 radical (unpaired) electrons. The molecule has 108 valence electrons. The minimum atomic E-state index is -4.25. The van der Waals surface area contributed by atoms with Crippen molar-refractivity contribution in [2.75, 3.05) is 24.5 Å². The third-order valence-corrected chi connectivity index (χ3v) is 2.67. The minimum Gasteiger partial charge on any atom is -0.332 e. The van der Waals surface area contributed by atoms with Crippen LogP contribution in [0.15, 0.2) is 6.20 Å². The van der Waals surface area contributed by atoms with Gasteiger partial charge >= 0.3 is 6.18 Å². The summed E-state index contributed by atoms with van der Waals surface area (Å²) in [5, 5.41) is 3.13. The SMILES string of the molecule is CCNCc1cnc(N(CC)CC(F)(F)F)nc1C. The number of halogens is 3. The molecule has 1 aromatic rings. The van der Waals surface area contributed by atoms with E-state index in [0.717, 1.165) is 17.0 Å². The van der Waals surface area contributed by atoms with Crippen LogP contribution in [-0.2, 0) is 6.54 Å². The van der Waals surface area contributed by atoms with Gasteiger partial charge in [-0.3, -0.25) is 0 Å².